The van der Waals surface area contributed by atoms with Crippen molar-refractivity contribution in [1.29, 1.82) is 0 Å². The van der Waals surface area contributed by atoms with Gasteiger partial charge in [0.05, 0.1) is 19.3 Å². The summed E-state index contributed by atoms with van der Waals surface area (Å²) in [4.78, 5) is 19.3. The molecule has 0 saturated carbocycles. The molecule has 1 aromatic carbocycles. The Morgan fingerprint density at radius 1 is 1.08 bits per heavy atom. The smallest absolute Gasteiger partial charge is 0.236 e. The Bertz CT molecular complexity index is 559. The molecule has 1 amide bonds. The van der Waals surface area contributed by atoms with Gasteiger partial charge in [0, 0.05) is 38.3 Å². The molecule has 0 N–H and O–H groups in total. The number of para-hydroxylation sites is 2. The molecule has 5 heteroatoms. The molecule has 5 nitrogen and oxygen atoms in total. The highest BCUT2D eigenvalue weighted by Gasteiger charge is 2.31. The normalized spacial score (nSPS) is 25.1. The van der Waals surface area contributed by atoms with E-state index in [0.717, 1.165) is 37.6 Å². The average molecular weight is 331 g/mol. The lowest BCUT2D eigenvalue weighted by Gasteiger charge is -2.38. The number of amides is 1. The van der Waals surface area contributed by atoms with E-state index in [1.807, 2.05) is 23.1 Å². The van der Waals surface area contributed by atoms with E-state index in [1.54, 1.807) is 7.11 Å². The van der Waals surface area contributed by atoms with E-state index in [0.29, 0.717) is 18.6 Å². The van der Waals surface area contributed by atoms with E-state index in [-0.39, 0.29) is 5.91 Å². The molecule has 0 radical (unpaired) electrons. The van der Waals surface area contributed by atoms with Gasteiger partial charge >= 0.3 is 0 Å². The van der Waals surface area contributed by atoms with Crippen LogP contribution < -0.4 is 9.64 Å². The molecule has 3 rings (SSSR count). The second kappa shape index (κ2) is 7.43. The largest absolute Gasteiger partial charge is 0.495 e. The lowest BCUT2D eigenvalue weighted by atomic mass is 10.2. The number of carbonyl (C=O) groups excluding carboxylic acids is 1. The lowest BCUT2D eigenvalue weighted by molar-refractivity contribution is -0.133. The van der Waals surface area contributed by atoms with Gasteiger partial charge in [-0.2, -0.15) is 0 Å². The van der Waals surface area contributed by atoms with Crippen LogP contribution in [0.5, 0.6) is 5.75 Å². The van der Waals surface area contributed by atoms with Crippen molar-refractivity contribution in [3.63, 3.8) is 0 Å². The predicted octanol–water partition coefficient (Wildman–Crippen LogP) is 2.22. The molecular weight excluding hydrogens is 302 g/mol. The van der Waals surface area contributed by atoms with Crippen LogP contribution in [0.4, 0.5) is 5.69 Å². The van der Waals surface area contributed by atoms with Gasteiger partial charge in [-0.3, -0.25) is 9.69 Å². The first kappa shape index (κ1) is 17.1. The summed E-state index contributed by atoms with van der Waals surface area (Å²) in [7, 11) is 1.71. The number of likely N-dealkylation sites (tertiary alicyclic amines) is 1. The van der Waals surface area contributed by atoms with Crippen molar-refractivity contribution in [3.05, 3.63) is 24.3 Å². The Labute approximate surface area is 145 Å². The van der Waals surface area contributed by atoms with E-state index in [4.69, 9.17) is 4.74 Å². The molecule has 2 aliphatic rings. The monoisotopic (exact) mass is 331 g/mol. The van der Waals surface area contributed by atoms with E-state index in [2.05, 4.69) is 29.7 Å². The molecule has 0 bridgehead atoms. The van der Waals surface area contributed by atoms with Crippen LogP contribution in [0, 0.1) is 0 Å². The van der Waals surface area contributed by atoms with Crippen LogP contribution in [0.25, 0.3) is 0 Å². The van der Waals surface area contributed by atoms with Crippen LogP contribution in [0.2, 0.25) is 0 Å². The minimum Gasteiger partial charge on any atom is -0.495 e. The summed E-state index contributed by atoms with van der Waals surface area (Å²) in [6, 6.07) is 9.15. The molecule has 2 saturated heterocycles. The van der Waals surface area contributed by atoms with E-state index >= 15 is 0 Å². The molecule has 0 aromatic heterocycles. The number of hydrogen-bond acceptors (Lipinski definition) is 4. The molecule has 2 aliphatic heterocycles. The number of rotatable bonds is 4. The summed E-state index contributed by atoms with van der Waals surface area (Å²) >= 11 is 0. The number of ether oxygens (including phenoxy) is 1. The van der Waals surface area contributed by atoms with Gasteiger partial charge in [0.15, 0.2) is 0 Å². The van der Waals surface area contributed by atoms with Gasteiger partial charge in [0.1, 0.15) is 5.75 Å². The summed E-state index contributed by atoms with van der Waals surface area (Å²) in [6.07, 6.45) is 2.41. The molecule has 0 spiro atoms. The fraction of sp³-hybridized carbons (Fsp3) is 0.632. The van der Waals surface area contributed by atoms with Crippen molar-refractivity contribution in [3.8, 4) is 5.75 Å². The van der Waals surface area contributed by atoms with Gasteiger partial charge in [-0.25, -0.2) is 0 Å². The van der Waals surface area contributed by atoms with Gasteiger partial charge in [-0.05, 0) is 38.8 Å². The van der Waals surface area contributed by atoms with Gasteiger partial charge in [-0.1, -0.05) is 12.1 Å². The summed E-state index contributed by atoms with van der Waals surface area (Å²) < 4.78 is 5.46. The second-order valence-corrected chi connectivity index (χ2v) is 6.99. The lowest BCUT2D eigenvalue weighted by Crippen LogP contribution is -2.52. The zero-order valence-corrected chi connectivity index (χ0v) is 15.1. The Morgan fingerprint density at radius 2 is 1.71 bits per heavy atom. The minimum atomic E-state index is 0.273. The van der Waals surface area contributed by atoms with E-state index < -0.39 is 0 Å². The van der Waals surface area contributed by atoms with Crippen molar-refractivity contribution in [2.24, 2.45) is 0 Å². The third-order valence-corrected chi connectivity index (χ3v) is 5.51. The number of carbonyl (C=O) groups is 1. The van der Waals surface area contributed by atoms with Crippen molar-refractivity contribution in [2.45, 2.75) is 38.8 Å². The first-order valence-corrected chi connectivity index (χ1v) is 9.01. The van der Waals surface area contributed by atoms with Gasteiger partial charge in [0.2, 0.25) is 5.91 Å². The number of anilines is 1. The molecule has 2 fully saturated rings. The number of hydrogen-bond donors (Lipinski definition) is 0. The van der Waals surface area contributed by atoms with E-state index in [1.165, 1.54) is 12.8 Å². The molecule has 2 heterocycles. The highest BCUT2D eigenvalue weighted by molar-refractivity contribution is 5.78. The Balaban J connectivity index is 1.56. The summed E-state index contributed by atoms with van der Waals surface area (Å²) in [5, 5.41) is 0. The van der Waals surface area contributed by atoms with Crippen molar-refractivity contribution >= 4 is 11.6 Å². The summed E-state index contributed by atoms with van der Waals surface area (Å²) in [5.41, 5.74) is 1.12. The number of nitrogens with zero attached hydrogens (tertiary/aromatic N) is 3. The van der Waals surface area contributed by atoms with Crippen LogP contribution >= 0.6 is 0 Å². The second-order valence-electron chi connectivity index (χ2n) is 6.99. The molecule has 0 unspecified atom stereocenters. The highest BCUT2D eigenvalue weighted by atomic mass is 16.5. The zero-order valence-electron chi connectivity index (χ0n) is 15.1. The Morgan fingerprint density at radius 3 is 2.33 bits per heavy atom. The third kappa shape index (κ3) is 3.51. The fourth-order valence-corrected chi connectivity index (χ4v) is 3.90. The number of benzene rings is 1. The standard InChI is InChI=1S/C19H29N3O2/c1-15-8-9-16(2)22(15)14-19(23)21-12-10-20(11-13-21)17-6-4-5-7-18(17)24-3/h4-7,15-16H,8-14H2,1-3H3/t15-,16-/m0/s1. The van der Waals surface area contributed by atoms with Gasteiger partial charge < -0.3 is 14.5 Å². The molecule has 132 valence electrons. The third-order valence-electron chi connectivity index (χ3n) is 5.51. The highest BCUT2D eigenvalue weighted by Crippen LogP contribution is 2.28. The maximum atomic E-state index is 12.7. The Hall–Kier alpha value is -1.75. The maximum absolute atomic E-state index is 12.7. The minimum absolute atomic E-state index is 0.273. The van der Waals surface area contributed by atoms with Gasteiger partial charge in [-0.15, -0.1) is 0 Å². The topological polar surface area (TPSA) is 36.0 Å². The van der Waals surface area contributed by atoms with E-state index in [9.17, 15) is 4.79 Å². The molecule has 0 aliphatic carbocycles. The molecule has 2 atom stereocenters. The van der Waals surface area contributed by atoms with Crippen LogP contribution in [0.1, 0.15) is 26.7 Å². The first-order chi connectivity index (χ1) is 11.6. The predicted molar refractivity (Wildman–Crippen MR) is 96.7 cm³/mol. The van der Waals surface area contributed by atoms with Crippen molar-refractivity contribution in [1.82, 2.24) is 9.80 Å². The Kier molecular flexibility index (Phi) is 5.29. The van der Waals surface area contributed by atoms with Crippen molar-refractivity contribution in [2.75, 3.05) is 44.7 Å². The SMILES string of the molecule is COc1ccccc1N1CCN(C(=O)CN2[C@@H](C)CC[C@@H]2C)CC1. The molecular formula is C19H29N3O2. The number of piperazine rings is 1. The van der Waals surface area contributed by atoms with Crippen LogP contribution in [0.3, 0.4) is 0 Å². The van der Waals surface area contributed by atoms with Crippen LogP contribution in [-0.2, 0) is 4.79 Å². The van der Waals surface area contributed by atoms with Crippen molar-refractivity contribution < 1.29 is 9.53 Å². The maximum Gasteiger partial charge on any atom is 0.236 e. The van der Waals surface area contributed by atoms with Crippen LogP contribution in [0.15, 0.2) is 24.3 Å². The summed E-state index contributed by atoms with van der Waals surface area (Å²) in [5.74, 6) is 1.17. The average Bonchev–Trinajstić information content (AvgIpc) is 2.93. The van der Waals surface area contributed by atoms with Gasteiger partial charge in [0.25, 0.3) is 0 Å². The number of methoxy groups -OCH3 is 1. The van der Waals surface area contributed by atoms with Crippen LogP contribution in [-0.4, -0.2) is 67.6 Å². The quantitative estimate of drug-likeness (QED) is 0.848. The molecule has 1 aromatic rings. The fourth-order valence-electron chi connectivity index (χ4n) is 3.90. The molecule has 24 heavy (non-hydrogen) atoms. The zero-order chi connectivity index (χ0) is 17.1. The first-order valence-electron chi connectivity index (χ1n) is 9.01. The summed E-state index contributed by atoms with van der Waals surface area (Å²) in [6.45, 7) is 8.32.